The zero-order valence-electron chi connectivity index (χ0n) is 16.7. The molecule has 3 aromatic rings. The second-order valence-corrected chi connectivity index (χ2v) is 6.95. The number of nitrogens with zero attached hydrogens (tertiary/aromatic N) is 5. The fourth-order valence-corrected chi connectivity index (χ4v) is 3.70. The van der Waals surface area contributed by atoms with Gasteiger partial charge in [-0.1, -0.05) is 12.1 Å². The maximum absolute atomic E-state index is 13.3. The average Bonchev–Trinajstić information content (AvgIpc) is 3.16. The summed E-state index contributed by atoms with van der Waals surface area (Å²) in [6, 6.07) is 7.17. The van der Waals surface area contributed by atoms with Crippen molar-refractivity contribution in [2.75, 3.05) is 38.2 Å². The first-order valence-corrected chi connectivity index (χ1v) is 9.47. The van der Waals surface area contributed by atoms with Gasteiger partial charge in [0.05, 0.1) is 12.8 Å². The van der Waals surface area contributed by atoms with Gasteiger partial charge in [-0.05, 0) is 12.1 Å². The van der Waals surface area contributed by atoms with Gasteiger partial charge in [-0.2, -0.15) is 4.98 Å². The lowest BCUT2D eigenvalue weighted by Gasteiger charge is -2.29. The van der Waals surface area contributed by atoms with Crippen LogP contribution < -0.4 is 26.2 Å². The minimum Gasteiger partial charge on any atom is -0.495 e. The predicted molar refractivity (Wildman–Crippen MR) is 110 cm³/mol. The number of carboxylic acid groups (broad SMARTS) is 1. The van der Waals surface area contributed by atoms with E-state index in [9.17, 15) is 19.5 Å². The van der Waals surface area contributed by atoms with Crippen LogP contribution in [0.15, 0.2) is 33.9 Å². The number of imidazole rings is 1. The highest BCUT2D eigenvalue weighted by atomic mass is 16.5. The zero-order chi connectivity index (χ0) is 21.4. The Bertz CT molecular complexity index is 1230. The Kier molecular flexibility index (Phi) is 5.04. The molecule has 30 heavy (non-hydrogen) atoms. The Labute approximate surface area is 170 Å². The van der Waals surface area contributed by atoms with Gasteiger partial charge in [-0.15, -0.1) is 0 Å². The molecule has 1 aromatic carbocycles. The Hall–Kier alpha value is -3.60. The third kappa shape index (κ3) is 3.12. The molecule has 0 atom stereocenters. The summed E-state index contributed by atoms with van der Waals surface area (Å²) in [6.45, 7) is 2.08. The van der Waals surface area contributed by atoms with Gasteiger partial charge < -0.3 is 20.1 Å². The molecule has 158 valence electrons. The third-order valence-corrected chi connectivity index (χ3v) is 5.14. The molecule has 0 amide bonds. The molecule has 1 saturated heterocycles. The largest absolute Gasteiger partial charge is 0.495 e. The Morgan fingerprint density at radius 2 is 1.93 bits per heavy atom. The van der Waals surface area contributed by atoms with Crippen molar-refractivity contribution in [2.45, 2.75) is 6.54 Å². The van der Waals surface area contributed by atoms with E-state index >= 15 is 0 Å². The Balaban J connectivity index is 2.12. The molecular formula is C19H22N6O5. The number of nitrogens with one attached hydrogen (secondary N) is 1. The van der Waals surface area contributed by atoms with Crippen molar-refractivity contribution in [3.05, 3.63) is 45.1 Å². The summed E-state index contributed by atoms with van der Waals surface area (Å²) in [7, 11) is 3.00. The number of aromatic nitrogens is 4. The number of hydrogen-bond donors (Lipinski definition) is 2. The maximum atomic E-state index is 13.3. The van der Waals surface area contributed by atoms with Gasteiger partial charge in [-0.3, -0.25) is 18.7 Å². The first-order chi connectivity index (χ1) is 14.4. The van der Waals surface area contributed by atoms with E-state index in [1.807, 2.05) is 17.0 Å². The molecule has 11 nitrogen and oxygen atoms in total. The number of piperazine rings is 1. The molecule has 11 heteroatoms. The number of para-hydroxylation sites is 2. The highest BCUT2D eigenvalue weighted by Gasteiger charge is 2.27. The quantitative estimate of drug-likeness (QED) is 0.567. The second-order valence-electron chi connectivity index (χ2n) is 6.95. The van der Waals surface area contributed by atoms with Gasteiger partial charge >= 0.3 is 11.7 Å². The number of anilines is 1. The second kappa shape index (κ2) is 7.67. The molecule has 3 heterocycles. The van der Waals surface area contributed by atoms with Gasteiger partial charge in [0.25, 0.3) is 5.56 Å². The van der Waals surface area contributed by atoms with Gasteiger partial charge in [0.15, 0.2) is 11.2 Å². The normalized spacial score (nSPS) is 14.3. The molecule has 1 fully saturated rings. The van der Waals surface area contributed by atoms with Gasteiger partial charge in [-0.25, -0.2) is 9.36 Å². The molecule has 2 aromatic heterocycles. The summed E-state index contributed by atoms with van der Waals surface area (Å²) in [5, 5.41) is 12.5. The molecule has 0 unspecified atom stereocenters. The van der Waals surface area contributed by atoms with Crippen molar-refractivity contribution in [1.82, 2.24) is 24.0 Å². The summed E-state index contributed by atoms with van der Waals surface area (Å²) in [6.07, 6.45) is 0. The lowest BCUT2D eigenvalue weighted by molar-refractivity contribution is -0.137. The van der Waals surface area contributed by atoms with Gasteiger partial charge in [0.1, 0.15) is 12.3 Å². The summed E-state index contributed by atoms with van der Waals surface area (Å²) in [4.78, 5) is 43.9. The number of carbonyl (C=O) groups is 1. The third-order valence-electron chi connectivity index (χ3n) is 5.14. The Morgan fingerprint density at radius 1 is 1.23 bits per heavy atom. The highest BCUT2D eigenvalue weighted by Crippen LogP contribution is 2.30. The summed E-state index contributed by atoms with van der Waals surface area (Å²) in [5.41, 5.74) is -0.558. The minimum absolute atomic E-state index is 0.122. The molecule has 2 N–H and O–H groups in total. The number of rotatable bonds is 5. The molecule has 0 bridgehead atoms. The molecule has 4 rings (SSSR count). The Morgan fingerprint density at radius 3 is 2.60 bits per heavy atom. The van der Waals surface area contributed by atoms with E-state index in [0.29, 0.717) is 35.0 Å². The molecule has 0 spiro atoms. The molecule has 0 saturated carbocycles. The van der Waals surface area contributed by atoms with E-state index < -0.39 is 23.8 Å². The van der Waals surface area contributed by atoms with E-state index in [0.717, 1.165) is 13.1 Å². The van der Waals surface area contributed by atoms with E-state index in [1.54, 1.807) is 16.7 Å². The van der Waals surface area contributed by atoms with Crippen LogP contribution in [-0.4, -0.2) is 63.0 Å². The maximum Gasteiger partial charge on any atom is 0.333 e. The fraction of sp³-hybridized carbons (Fsp3) is 0.368. The number of fused-ring (bicyclic) bond motifs is 1. The topological polar surface area (TPSA) is 124 Å². The summed E-state index contributed by atoms with van der Waals surface area (Å²) in [5.74, 6) is -0.262. The van der Waals surface area contributed by atoms with Crippen LogP contribution in [0.25, 0.3) is 16.9 Å². The van der Waals surface area contributed by atoms with E-state index in [1.165, 1.54) is 18.7 Å². The smallest absolute Gasteiger partial charge is 0.333 e. The summed E-state index contributed by atoms with van der Waals surface area (Å²) < 4.78 is 9.06. The van der Waals surface area contributed by atoms with Gasteiger partial charge in [0.2, 0.25) is 5.95 Å². The van der Waals surface area contributed by atoms with Gasteiger partial charge in [0, 0.05) is 33.2 Å². The monoisotopic (exact) mass is 414 g/mol. The van der Waals surface area contributed by atoms with Crippen LogP contribution >= 0.6 is 0 Å². The summed E-state index contributed by atoms with van der Waals surface area (Å²) >= 11 is 0. The zero-order valence-corrected chi connectivity index (χ0v) is 16.7. The van der Waals surface area contributed by atoms with Crippen molar-refractivity contribution < 1.29 is 14.6 Å². The number of aryl methyl sites for hydroxylation is 1. The molecule has 0 aliphatic carbocycles. The lowest BCUT2D eigenvalue weighted by Crippen LogP contribution is -2.44. The number of benzene rings is 1. The number of aliphatic carboxylic acids is 1. The molecule has 0 radical (unpaired) electrons. The van der Waals surface area contributed by atoms with Crippen LogP contribution in [-0.2, 0) is 18.4 Å². The van der Waals surface area contributed by atoms with Crippen molar-refractivity contribution in [1.29, 1.82) is 0 Å². The average molecular weight is 414 g/mol. The van der Waals surface area contributed by atoms with Crippen LogP contribution in [0, 0.1) is 0 Å². The van der Waals surface area contributed by atoms with E-state index in [2.05, 4.69) is 10.3 Å². The first-order valence-electron chi connectivity index (χ1n) is 9.47. The van der Waals surface area contributed by atoms with E-state index in [4.69, 9.17) is 4.74 Å². The molecular weight excluding hydrogens is 392 g/mol. The standard InChI is InChI=1S/C19H22N6O5/c1-22-16-15(17(28)24(19(22)29)11-14(26)27)25(12-5-3-4-6-13(12)30-2)18(21-16)23-9-7-20-8-10-23/h3-6,20H,7-11H2,1-2H3,(H,26,27). The van der Waals surface area contributed by atoms with Crippen LogP contribution in [0.4, 0.5) is 5.95 Å². The van der Waals surface area contributed by atoms with Crippen molar-refractivity contribution in [3.63, 3.8) is 0 Å². The number of carboxylic acids is 1. The fourth-order valence-electron chi connectivity index (χ4n) is 3.70. The number of hydrogen-bond acceptors (Lipinski definition) is 7. The van der Waals surface area contributed by atoms with Crippen LogP contribution in [0.2, 0.25) is 0 Å². The predicted octanol–water partition coefficient (Wildman–Crippen LogP) is -0.611. The van der Waals surface area contributed by atoms with Crippen LogP contribution in [0.5, 0.6) is 5.75 Å². The SMILES string of the molecule is COc1ccccc1-n1c(N2CCNCC2)nc2c1c(=O)n(CC(=O)O)c(=O)n2C. The highest BCUT2D eigenvalue weighted by molar-refractivity contribution is 5.79. The number of methoxy groups -OCH3 is 1. The van der Waals surface area contributed by atoms with E-state index in [-0.39, 0.29) is 11.2 Å². The first kappa shape index (κ1) is 19.7. The van der Waals surface area contributed by atoms with Crippen molar-refractivity contribution in [2.24, 2.45) is 7.05 Å². The van der Waals surface area contributed by atoms with Crippen molar-refractivity contribution in [3.8, 4) is 11.4 Å². The van der Waals surface area contributed by atoms with Crippen LogP contribution in [0.1, 0.15) is 0 Å². The van der Waals surface area contributed by atoms with Crippen molar-refractivity contribution >= 4 is 23.1 Å². The molecule has 1 aliphatic heterocycles. The number of ether oxygens (including phenoxy) is 1. The molecule has 1 aliphatic rings. The van der Waals surface area contributed by atoms with Crippen LogP contribution in [0.3, 0.4) is 0 Å². The minimum atomic E-state index is -1.28. The lowest BCUT2D eigenvalue weighted by atomic mass is 10.2.